The van der Waals surface area contributed by atoms with E-state index in [9.17, 15) is 22.8 Å². The summed E-state index contributed by atoms with van der Waals surface area (Å²) >= 11 is 6.66. The van der Waals surface area contributed by atoms with Gasteiger partial charge in [-0.2, -0.15) is 18.3 Å². The Bertz CT molecular complexity index is 1540. The molecule has 6 nitrogen and oxygen atoms in total. The summed E-state index contributed by atoms with van der Waals surface area (Å²) in [7, 11) is 0. The van der Waals surface area contributed by atoms with Gasteiger partial charge in [0.15, 0.2) is 0 Å². The average molecular weight is 543 g/mol. The lowest BCUT2D eigenvalue weighted by atomic mass is 10.1. The highest BCUT2D eigenvalue weighted by Gasteiger charge is 2.35. The van der Waals surface area contributed by atoms with Gasteiger partial charge in [0.05, 0.1) is 28.7 Å². The molecule has 3 heterocycles. The van der Waals surface area contributed by atoms with Crippen molar-refractivity contribution in [1.82, 2.24) is 19.7 Å². The van der Waals surface area contributed by atoms with Crippen LogP contribution in [0, 0.1) is 0 Å². The van der Waals surface area contributed by atoms with E-state index in [1.54, 1.807) is 42.9 Å². The number of carbonyl (C=O) groups is 2. The van der Waals surface area contributed by atoms with Gasteiger partial charge in [-0.05, 0) is 77.3 Å². The van der Waals surface area contributed by atoms with Crippen molar-refractivity contribution < 1.29 is 22.8 Å². The van der Waals surface area contributed by atoms with Crippen LogP contribution in [0.25, 0.3) is 17.0 Å². The first kappa shape index (κ1) is 25.0. The summed E-state index contributed by atoms with van der Waals surface area (Å²) in [5.41, 5.74) is 1.52. The van der Waals surface area contributed by atoms with Gasteiger partial charge in [0, 0.05) is 29.3 Å². The fourth-order valence-corrected chi connectivity index (χ4v) is 5.10. The molecule has 0 atom stereocenters. The zero-order valence-electron chi connectivity index (χ0n) is 19.1. The van der Waals surface area contributed by atoms with E-state index in [2.05, 4.69) is 10.1 Å². The number of pyridine rings is 1. The van der Waals surface area contributed by atoms with E-state index in [1.165, 1.54) is 21.7 Å². The quantitative estimate of drug-likeness (QED) is 0.263. The molecular weight excluding hydrogens is 525 g/mol. The molecule has 1 saturated heterocycles. The number of imide groups is 1. The van der Waals surface area contributed by atoms with Gasteiger partial charge < -0.3 is 0 Å². The van der Waals surface area contributed by atoms with E-state index in [4.69, 9.17) is 11.6 Å². The first-order valence-electron chi connectivity index (χ1n) is 11.1. The number of nitrogens with zero attached hydrogens (tertiary/aromatic N) is 4. The molecule has 2 amide bonds. The van der Waals surface area contributed by atoms with E-state index >= 15 is 0 Å². The maximum atomic E-state index is 13.5. The Balaban J connectivity index is 1.35. The Kier molecular flexibility index (Phi) is 6.78. The first-order valence-corrected chi connectivity index (χ1v) is 12.3. The summed E-state index contributed by atoms with van der Waals surface area (Å²) in [6, 6.07) is 12.6. The van der Waals surface area contributed by atoms with E-state index in [0.717, 1.165) is 23.4 Å². The van der Waals surface area contributed by atoms with Crippen LogP contribution in [-0.4, -0.2) is 37.4 Å². The summed E-state index contributed by atoms with van der Waals surface area (Å²) in [6.07, 6.45) is 2.49. The summed E-state index contributed by atoms with van der Waals surface area (Å²) in [6.45, 7) is 0.174. The Morgan fingerprint density at radius 3 is 2.57 bits per heavy atom. The van der Waals surface area contributed by atoms with Crippen LogP contribution >= 0.6 is 23.4 Å². The van der Waals surface area contributed by atoms with E-state index in [0.29, 0.717) is 27.8 Å². The molecule has 2 aromatic carbocycles. The van der Waals surface area contributed by atoms with Gasteiger partial charge in [-0.25, -0.2) is 0 Å². The Labute approximate surface area is 218 Å². The second-order valence-corrected chi connectivity index (χ2v) is 9.79. The number of benzene rings is 2. The third-order valence-corrected chi connectivity index (χ3v) is 7.05. The number of hydrogen-bond acceptors (Lipinski definition) is 5. The van der Waals surface area contributed by atoms with Crippen molar-refractivity contribution in [3.63, 3.8) is 0 Å². The lowest BCUT2D eigenvalue weighted by molar-refractivity contribution is -0.138. The molecule has 4 aromatic rings. The largest absolute Gasteiger partial charge is 0.416 e. The molecule has 1 fully saturated rings. The molecule has 1 aliphatic rings. The van der Waals surface area contributed by atoms with Crippen molar-refractivity contribution in [2.45, 2.75) is 19.1 Å². The highest BCUT2D eigenvalue weighted by Crippen LogP contribution is 2.35. The van der Waals surface area contributed by atoms with Gasteiger partial charge in [0.1, 0.15) is 0 Å². The van der Waals surface area contributed by atoms with E-state index < -0.39 is 11.7 Å². The summed E-state index contributed by atoms with van der Waals surface area (Å²) < 4.78 is 41.9. The number of rotatable bonds is 6. The number of thioether (sulfide) groups is 1. The van der Waals surface area contributed by atoms with Crippen molar-refractivity contribution in [2.75, 3.05) is 6.54 Å². The summed E-state index contributed by atoms with van der Waals surface area (Å²) in [5, 5.41) is 4.62. The minimum absolute atomic E-state index is 0.00724. The van der Waals surface area contributed by atoms with Gasteiger partial charge in [0.2, 0.25) is 0 Å². The number of hydrogen-bond donors (Lipinski definition) is 0. The fourth-order valence-electron chi connectivity index (χ4n) is 4.07. The monoisotopic (exact) mass is 542 g/mol. The number of fused-ring (bicyclic) bond motifs is 1. The van der Waals surface area contributed by atoms with Crippen LogP contribution in [0.5, 0.6) is 0 Å². The number of aromatic nitrogens is 3. The van der Waals surface area contributed by atoms with Crippen LogP contribution < -0.4 is 0 Å². The Morgan fingerprint density at radius 2 is 1.81 bits per heavy atom. The molecule has 0 saturated carbocycles. The van der Waals surface area contributed by atoms with Crippen molar-refractivity contribution in [2.24, 2.45) is 0 Å². The zero-order valence-corrected chi connectivity index (χ0v) is 20.6. The predicted molar refractivity (Wildman–Crippen MR) is 136 cm³/mol. The predicted octanol–water partition coefficient (Wildman–Crippen LogP) is 6.43. The van der Waals surface area contributed by atoms with Crippen LogP contribution in [0.1, 0.15) is 22.3 Å². The smallest absolute Gasteiger partial charge is 0.268 e. The van der Waals surface area contributed by atoms with Crippen LogP contribution in [0.3, 0.4) is 0 Å². The van der Waals surface area contributed by atoms with Gasteiger partial charge in [-0.1, -0.05) is 23.7 Å². The molecule has 0 aliphatic carbocycles. The van der Waals surface area contributed by atoms with Crippen LogP contribution in [-0.2, 0) is 23.9 Å². The highest BCUT2D eigenvalue weighted by molar-refractivity contribution is 8.18. The molecule has 11 heteroatoms. The molecule has 5 rings (SSSR count). The number of carbonyl (C=O) groups excluding carboxylic acids is 2. The lowest BCUT2D eigenvalue weighted by Crippen LogP contribution is -2.30. The molecule has 188 valence electrons. The molecule has 37 heavy (non-hydrogen) atoms. The fraction of sp³-hybridized carbons (Fsp3) is 0.154. The maximum absolute atomic E-state index is 13.5. The number of alkyl halides is 3. The molecule has 0 N–H and O–H groups in total. The molecule has 2 aromatic heterocycles. The summed E-state index contributed by atoms with van der Waals surface area (Å²) in [5.74, 6) is -0.359. The van der Waals surface area contributed by atoms with Gasteiger partial charge >= 0.3 is 6.18 Å². The normalized spacial score (nSPS) is 15.4. The van der Waals surface area contributed by atoms with Crippen LogP contribution in [0.4, 0.5) is 18.0 Å². The summed E-state index contributed by atoms with van der Waals surface area (Å²) in [4.78, 5) is 30.7. The lowest BCUT2D eigenvalue weighted by Gasteiger charge is -2.14. The SMILES string of the molecule is O=C1S/C(=C\c2ccc3c(cnn3Cc3ccc(Cl)cc3C(F)(F)F)c2)C(=O)N1CCc1ccncc1. The van der Waals surface area contributed by atoms with Gasteiger partial charge in [-0.3, -0.25) is 24.2 Å². The van der Waals surface area contributed by atoms with Crippen molar-refractivity contribution in [1.29, 1.82) is 0 Å². The Hall–Kier alpha value is -3.63. The first-order chi connectivity index (χ1) is 17.7. The van der Waals surface area contributed by atoms with Crippen molar-refractivity contribution >= 4 is 51.5 Å². The minimum Gasteiger partial charge on any atom is -0.268 e. The standard InChI is InChI=1S/C26H18ClF3N4O2S/c27-20-3-2-18(21(13-20)26(28,29)30)15-34-22-4-1-17(11-19(22)14-32-34)12-23-24(35)33(25(36)37-23)10-7-16-5-8-31-9-6-16/h1-6,8-9,11-14H,7,10,15H2/b23-12-. The van der Waals surface area contributed by atoms with E-state index in [1.807, 2.05) is 12.1 Å². The molecule has 0 spiro atoms. The number of amides is 2. The maximum Gasteiger partial charge on any atom is 0.416 e. The highest BCUT2D eigenvalue weighted by atomic mass is 35.5. The average Bonchev–Trinajstić information content (AvgIpc) is 3.38. The van der Waals surface area contributed by atoms with Gasteiger partial charge in [0.25, 0.3) is 11.1 Å². The second kappa shape index (κ2) is 10.0. The third-order valence-electron chi connectivity index (χ3n) is 5.91. The van der Waals surface area contributed by atoms with Crippen LogP contribution in [0.15, 0.2) is 72.0 Å². The van der Waals surface area contributed by atoms with Crippen molar-refractivity contribution in [3.8, 4) is 0 Å². The molecule has 1 aliphatic heterocycles. The molecule has 0 unspecified atom stereocenters. The molecule has 0 bridgehead atoms. The third kappa shape index (κ3) is 5.40. The van der Waals surface area contributed by atoms with Gasteiger partial charge in [-0.15, -0.1) is 0 Å². The topological polar surface area (TPSA) is 68.1 Å². The zero-order chi connectivity index (χ0) is 26.2. The van der Waals surface area contributed by atoms with E-state index in [-0.39, 0.29) is 34.8 Å². The minimum atomic E-state index is -4.54. The second-order valence-electron chi connectivity index (χ2n) is 8.36. The van der Waals surface area contributed by atoms with Crippen molar-refractivity contribution in [3.05, 3.63) is 99.3 Å². The molecule has 0 radical (unpaired) electrons. The Morgan fingerprint density at radius 1 is 1.03 bits per heavy atom. The van der Waals surface area contributed by atoms with Crippen LogP contribution in [0.2, 0.25) is 5.02 Å². The molecular formula is C26H18ClF3N4O2S. The number of halogens is 4.